The highest BCUT2D eigenvalue weighted by atomic mass is 35.5. The summed E-state index contributed by atoms with van der Waals surface area (Å²) in [6.07, 6.45) is 1.34. The van der Waals surface area contributed by atoms with Crippen LogP contribution in [0, 0.1) is 10.1 Å². The van der Waals surface area contributed by atoms with Crippen LogP contribution in [0.2, 0.25) is 10.0 Å². The first-order chi connectivity index (χ1) is 12.4. The largest absolute Gasteiger partial charge is 0.293 e. The van der Waals surface area contributed by atoms with E-state index < -0.39 is 16.1 Å². The smallest absolute Gasteiger partial charge is 0.268 e. The molecular formula is C17H10Cl2N2O4S. The fourth-order valence-corrected chi connectivity index (χ4v) is 3.74. The average molecular weight is 409 g/mol. The number of imide groups is 1. The van der Waals surface area contributed by atoms with E-state index in [0.717, 1.165) is 16.7 Å². The highest BCUT2D eigenvalue weighted by molar-refractivity contribution is 8.18. The van der Waals surface area contributed by atoms with Crippen molar-refractivity contribution in [3.05, 3.63) is 78.7 Å². The van der Waals surface area contributed by atoms with Crippen molar-refractivity contribution in [1.82, 2.24) is 4.90 Å². The van der Waals surface area contributed by atoms with Gasteiger partial charge in [-0.3, -0.25) is 24.6 Å². The Labute approximate surface area is 162 Å². The van der Waals surface area contributed by atoms with Crippen LogP contribution in [0.3, 0.4) is 0 Å². The van der Waals surface area contributed by atoms with E-state index in [9.17, 15) is 19.7 Å². The summed E-state index contributed by atoms with van der Waals surface area (Å²) in [5, 5.41) is 11.3. The molecule has 2 amide bonds. The summed E-state index contributed by atoms with van der Waals surface area (Å²) in [5.41, 5.74) is 0.567. The molecule has 6 nitrogen and oxygen atoms in total. The number of thioether (sulfide) groups is 1. The van der Waals surface area contributed by atoms with Crippen LogP contribution in [0.1, 0.15) is 11.1 Å². The van der Waals surface area contributed by atoms with Crippen molar-refractivity contribution >= 4 is 57.9 Å². The Hall–Kier alpha value is -2.35. The zero-order valence-electron chi connectivity index (χ0n) is 13.0. The van der Waals surface area contributed by atoms with Crippen molar-refractivity contribution in [2.24, 2.45) is 0 Å². The molecular weight excluding hydrogens is 399 g/mol. The number of hydrogen-bond donors (Lipinski definition) is 0. The Morgan fingerprint density at radius 2 is 1.73 bits per heavy atom. The normalized spacial score (nSPS) is 15.8. The third-order valence-electron chi connectivity index (χ3n) is 3.67. The molecule has 2 aromatic rings. The molecule has 1 fully saturated rings. The van der Waals surface area contributed by atoms with Gasteiger partial charge in [-0.05, 0) is 36.0 Å². The summed E-state index contributed by atoms with van der Waals surface area (Å²) in [6, 6.07) is 10.9. The average Bonchev–Trinajstić information content (AvgIpc) is 2.85. The van der Waals surface area contributed by atoms with E-state index in [0.29, 0.717) is 15.6 Å². The minimum atomic E-state index is -0.547. The lowest BCUT2D eigenvalue weighted by molar-refractivity contribution is -0.385. The molecule has 0 atom stereocenters. The van der Waals surface area contributed by atoms with Gasteiger partial charge in [-0.25, -0.2) is 0 Å². The van der Waals surface area contributed by atoms with Gasteiger partial charge in [0.25, 0.3) is 16.8 Å². The summed E-state index contributed by atoms with van der Waals surface area (Å²) < 4.78 is 0. The molecule has 0 radical (unpaired) electrons. The molecule has 9 heteroatoms. The van der Waals surface area contributed by atoms with Gasteiger partial charge in [0.1, 0.15) is 0 Å². The standard InChI is InChI=1S/C17H10Cl2N2O4S/c18-12-5-3-6-13(19)11(12)9-20-16(22)15(26-17(20)23)8-10-4-1-2-7-14(10)21(24)25/h1-8H,9H2/b15-8-. The van der Waals surface area contributed by atoms with Gasteiger partial charge in [0.15, 0.2) is 0 Å². The van der Waals surface area contributed by atoms with E-state index in [-0.39, 0.29) is 22.7 Å². The van der Waals surface area contributed by atoms with Gasteiger partial charge >= 0.3 is 0 Å². The van der Waals surface area contributed by atoms with Crippen molar-refractivity contribution in [2.45, 2.75) is 6.54 Å². The maximum atomic E-state index is 12.6. The molecule has 0 spiro atoms. The second kappa shape index (κ2) is 7.49. The van der Waals surface area contributed by atoms with Crippen LogP contribution in [0.4, 0.5) is 10.5 Å². The number of carbonyl (C=O) groups is 2. The number of nitro benzene ring substituents is 1. The van der Waals surface area contributed by atoms with Crippen molar-refractivity contribution < 1.29 is 14.5 Å². The monoisotopic (exact) mass is 408 g/mol. The van der Waals surface area contributed by atoms with Crippen LogP contribution in [-0.2, 0) is 11.3 Å². The fourth-order valence-electron chi connectivity index (χ4n) is 2.39. The summed E-state index contributed by atoms with van der Waals surface area (Å²) in [7, 11) is 0. The van der Waals surface area contributed by atoms with Crippen LogP contribution in [0.5, 0.6) is 0 Å². The predicted molar refractivity (Wildman–Crippen MR) is 101 cm³/mol. The molecule has 0 aromatic heterocycles. The summed E-state index contributed by atoms with van der Waals surface area (Å²) in [4.78, 5) is 36.5. The van der Waals surface area contributed by atoms with Crippen molar-refractivity contribution in [2.75, 3.05) is 0 Å². The molecule has 1 heterocycles. The highest BCUT2D eigenvalue weighted by Crippen LogP contribution is 2.36. The first-order valence-corrected chi connectivity index (χ1v) is 8.87. The van der Waals surface area contributed by atoms with Gasteiger partial charge in [-0.15, -0.1) is 0 Å². The van der Waals surface area contributed by atoms with Crippen LogP contribution in [0.15, 0.2) is 47.4 Å². The molecule has 1 aliphatic heterocycles. The van der Waals surface area contributed by atoms with Gasteiger partial charge in [0.05, 0.1) is 21.9 Å². The lowest BCUT2D eigenvalue weighted by Crippen LogP contribution is -2.27. The maximum Gasteiger partial charge on any atom is 0.293 e. The minimum absolute atomic E-state index is 0.0720. The third kappa shape index (κ3) is 3.60. The molecule has 26 heavy (non-hydrogen) atoms. The van der Waals surface area contributed by atoms with Crippen molar-refractivity contribution in [3.63, 3.8) is 0 Å². The lowest BCUT2D eigenvalue weighted by Gasteiger charge is -2.14. The fraction of sp³-hybridized carbons (Fsp3) is 0.0588. The van der Waals surface area contributed by atoms with E-state index in [1.54, 1.807) is 24.3 Å². The summed E-state index contributed by atoms with van der Waals surface area (Å²) in [5.74, 6) is -0.547. The number of rotatable bonds is 4. The second-order valence-electron chi connectivity index (χ2n) is 5.28. The van der Waals surface area contributed by atoms with E-state index in [4.69, 9.17) is 23.2 Å². The Kier molecular flexibility index (Phi) is 5.31. The van der Waals surface area contributed by atoms with Crippen molar-refractivity contribution in [3.8, 4) is 0 Å². The molecule has 0 unspecified atom stereocenters. The number of amides is 2. The Morgan fingerprint density at radius 1 is 1.08 bits per heavy atom. The van der Waals surface area contributed by atoms with Crippen molar-refractivity contribution in [1.29, 1.82) is 0 Å². The lowest BCUT2D eigenvalue weighted by atomic mass is 10.1. The van der Waals surface area contributed by atoms with E-state index in [1.807, 2.05) is 0 Å². The molecule has 2 aromatic carbocycles. The number of para-hydroxylation sites is 1. The molecule has 0 bridgehead atoms. The molecule has 132 valence electrons. The SMILES string of the molecule is O=C1S/C(=C\c2ccccc2[N+](=O)[O-])C(=O)N1Cc1c(Cl)cccc1Cl. The molecule has 0 aliphatic carbocycles. The predicted octanol–water partition coefficient (Wildman–Crippen LogP) is 5.14. The number of benzene rings is 2. The van der Waals surface area contributed by atoms with E-state index >= 15 is 0 Å². The Morgan fingerprint density at radius 3 is 2.38 bits per heavy atom. The third-order valence-corrected chi connectivity index (χ3v) is 5.29. The minimum Gasteiger partial charge on any atom is -0.268 e. The second-order valence-corrected chi connectivity index (χ2v) is 7.09. The Balaban J connectivity index is 1.91. The topological polar surface area (TPSA) is 80.5 Å². The first-order valence-electron chi connectivity index (χ1n) is 7.30. The van der Waals surface area contributed by atoms with Crippen LogP contribution in [-0.4, -0.2) is 21.0 Å². The zero-order valence-corrected chi connectivity index (χ0v) is 15.3. The van der Waals surface area contributed by atoms with Gasteiger partial charge in [0.2, 0.25) is 0 Å². The first kappa shape index (κ1) is 18.4. The molecule has 0 saturated carbocycles. The quantitative estimate of drug-likeness (QED) is 0.397. The van der Waals surface area contributed by atoms with Crippen LogP contribution >= 0.6 is 35.0 Å². The number of halogens is 2. The maximum absolute atomic E-state index is 12.6. The highest BCUT2D eigenvalue weighted by Gasteiger charge is 2.36. The van der Waals surface area contributed by atoms with Gasteiger partial charge in [0, 0.05) is 21.7 Å². The van der Waals surface area contributed by atoms with Gasteiger partial charge in [-0.2, -0.15) is 0 Å². The number of hydrogen-bond acceptors (Lipinski definition) is 5. The Bertz CT molecular complexity index is 941. The molecule has 3 rings (SSSR count). The molecule has 0 N–H and O–H groups in total. The van der Waals surface area contributed by atoms with Crippen LogP contribution in [0.25, 0.3) is 6.08 Å². The number of nitro groups is 1. The van der Waals surface area contributed by atoms with E-state index in [1.165, 1.54) is 24.3 Å². The molecule has 1 saturated heterocycles. The van der Waals surface area contributed by atoms with E-state index in [2.05, 4.69) is 0 Å². The summed E-state index contributed by atoms with van der Waals surface area (Å²) in [6.45, 7) is -0.0720. The summed E-state index contributed by atoms with van der Waals surface area (Å²) >= 11 is 12.9. The zero-order chi connectivity index (χ0) is 18.8. The van der Waals surface area contributed by atoms with Crippen LogP contribution < -0.4 is 0 Å². The molecule has 1 aliphatic rings. The van der Waals surface area contributed by atoms with Gasteiger partial charge < -0.3 is 0 Å². The number of nitrogens with zero attached hydrogens (tertiary/aromatic N) is 2. The van der Waals surface area contributed by atoms with Gasteiger partial charge in [-0.1, -0.05) is 41.4 Å². The number of carbonyl (C=O) groups excluding carboxylic acids is 2.